The van der Waals surface area contributed by atoms with Gasteiger partial charge in [0.1, 0.15) is 0 Å². The van der Waals surface area contributed by atoms with Crippen LogP contribution in [0.3, 0.4) is 0 Å². The summed E-state index contributed by atoms with van der Waals surface area (Å²) in [5.74, 6) is 0. The summed E-state index contributed by atoms with van der Waals surface area (Å²) in [5, 5.41) is 9.11. The number of nitrogens with zero attached hydrogens (tertiary/aromatic N) is 1. The van der Waals surface area contributed by atoms with Crippen molar-refractivity contribution in [2.75, 3.05) is 18.1 Å². The Balaban J connectivity index is 2.37. The molecule has 1 heterocycles. The van der Waals surface area contributed by atoms with Crippen LogP contribution in [0.25, 0.3) is 0 Å². The number of carbonyl (C=O) groups excluding carboxylic acids is 1. The van der Waals surface area contributed by atoms with E-state index in [9.17, 15) is 4.79 Å². The van der Waals surface area contributed by atoms with Gasteiger partial charge in [-0.2, -0.15) is 0 Å². The van der Waals surface area contributed by atoms with Gasteiger partial charge < -0.3 is 9.84 Å². The van der Waals surface area contributed by atoms with E-state index in [2.05, 4.69) is 0 Å². The first-order valence-electron chi connectivity index (χ1n) is 6.28. The molecule has 1 aromatic rings. The first-order chi connectivity index (χ1) is 8.65. The second-order valence-electron chi connectivity index (χ2n) is 4.66. The molecule has 0 bridgehead atoms. The molecule has 1 aromatic carbocycles. The molecule has 0 spiro atoms. The normalized spacial score (nSPS) is 19.8. The molecule has 98 valence electrons. The fourth-order valence-electron chi connectivity index (χ4n) is 2.34. The Morgan fingerprint density at radius 2 is 2.22 bits per heavy atom. The van der Waals surface area contributed by atoms with Crippen LogP contribution in [0, 0.1) is 13.8 Å². The number of amides is 1. The van der Waals surface area contributed by atoms with E-state index >= 15 is 0 Å². The van der Waals surface area contributed by atoms with E-state index in [1.54, 1.807) is 4.90 Å². The Labute approximate surface area is 107 Å². The van der Waals surface area contributed by atoms with Crippen LogP contribution in [0.1, 0.15) is 24.0 Å². The monoisotopic (exact) mass is 249 g/mol. The van der Waals surface area contributed by atoms with Crippen LogP contribution < -0.4 is 4.90 Å². The number of aliphatic hydroxyl groups is 1. The number of rotatable bonds is 3. The average Bonchev–Trinajstić information content (AvgIpc) is 2.34. The molecule has 0 aromatic heterocycles. The lowest BCUT2D eigenvalue weighted by Gasteiger charge is -2.35. The standard InChI is InChI=1S/C14H19NO3/c1-10-4-3-5-13(11(10)2)15-12(6-8-16)7-9-18-14(15)17/h3-5,12,16H,6-9H2,1-2H3. The number of aliphatic hydroxyl groups excluding tert-OH is 1. The molecular formula is C14H19NO3. The predicted octanol–water partition coefficient (Wildman–Crippen LogP) is 2.40. The molecule has 1 fully saturated rings. The summed E-state index contributed by atoms with van der Waals surface area (Å²) in [7, 11) is 0. The highest BCUT2D eigenvalue weighted by Crippen LogP contribution is 2.29. The molecule has 0 aliphatic carbocycles. The maximum Gasteiger partial charge on any atom is 0.414 e. The van der Waals surface area contributed by atoms with Gasteiger partial charge in [0.15, 0.2) is 0 Å². The van der Waals surface area contributed by atoms with Gasteiger partial charge in [0.05, 0.1) is 12.3 Å². The van der Waals surface area contributed by atoms with E-state index in [-0.39, 0.29) is 18.7 Å². The number of benzene rings is 1. The highest BCUT2D eigenvalue weighted by molar-refractivity contribution is 5.90. The van der Waals surface area contributed by atoms with Gasteiger partial charge in [-0.3, -0.25) is 4.90 Å². The molecule has 1 N–H and O–H groups in total. The van der Waals surface area contributed by atoms with Gasteiger partial charge in [-0.25, -0.2) is 4.79 Å². The molecule has 0 saturated carbocycles. The van der Waals surface area contributed by atoms with Crippen LogP contribution in [0.2, 0.25) is 0 Å². The zero-order chi connectivity index (χ0) is 13.1. The molecule has 4 heteroatoms. The van der Waals surface area contributed by atoms with E-state index in [0.29, 0.717) is 13.0 Å². The minimum atomic E-state index is -0.312. The third kappa shape index (κ3) is 2.34. The van der Waals surface area contributed by atoms with E-state index < -0.39 is 0 Å². The van der Waals surface area contributed by atoms with Crippen LogP contribution in [0.5, 0.6) is 0 Å². The minimum Gasteiger partial charge on any atom is -0.449 e. The van der Waals surface area contributed by atoms with Crippen molar-refractivity contribution < 1.29 is 14.6 Å². The molecule has 2 rings (SSSR count). The first kappa shape index (κ1) is 12.9. The molecule has 4 nitrogen and oxygen atoms in total. The summed E-state index contributed by atoms with van der Waals surface area (Å²) in [5.41, 5.74) is 3.12. The number of ether oxygens (including phenoxy) is 1. The van der Waals surface area contributed by atoms with Crippen LogP contribution in [0.4, 0.5) is 10.5 Å². The van der Waals surface area contributed by atoms with E-state index in [4.69, 9.17) is 9.84 Å². The summed E-state index contributed by atoms with van der Waals surface area (Å²) in [6, 6.07) is 5.92. The van der Waals surface area contributed by atoms with Crippen molar-refractivity contribution in [3.05, 3.63) is 29.3 Å². The molecule has 0 radical (unpaired) electrons. The van der Waals surface area contributed by atoms with Crippen molar-refractivity contribution in [3.63, 3.8) is 0 Å². The molecule has 1 aliphatic heterocycles. The van der Waals surface area contributed by atoms with Crippen LogP contribution in [-0.2, 0) is 4.74 Å². The van der Waals surface area contributed by atoms with Crippen molar-refractivity contribution in [2.24, 2.45) is 0 Å². The minimum absolute atomic E-state index is 0.0248. The van der Waals surface area contributed by atoms with E-state index in [1.807, 2.05) is 32.0 Å². The van der Waals surface area contributed by atoms with Gasteiger partial charge >= 0.3 is 6.09 Å². The zero-order valence-corrected chi connectivity index (χ0v) is 10.8. The average molecular weight is 249 g/mol. The van der Waals surface area contributed by atoms with Gasteiger partial charge in [0, 0.05) is 19.1 Å². The zero-order valence-electron chi connectivity index (χ0n) is 10.8. The Kier molecular flexibility index (Phi) is 3.87. The predicted molar refractivity (Wildman–Crippen MR) is 69.9 cm³/mol. The number of aryl methyl sites for hydroxylation is 1. The van der Waals surface area contributed by atoms with Gasteiger partial charge in [-0.15, -0.1) is 0 Å². The molecular weight excluding hydrogens is 230 g/mol. The van der Waals surface area contributed by atoms with Crippen molar-refractivity contribution in [2.45, 2.75) is 32.7 Å². The van der Waals surface area contributed by atoms with Gasteiger partial charge in [-0.05, 0) is 37.5 Å². The smallest absolute Gasteiger partial charge is 0.414 e. The van der Waals surface area contributed by atoms with Crippen LogP contribution in [-0.4, -0.2) is 30.5 Å². The summed E-state index contributed by atoms with van der Waals surface area (Å²) in [6.45, 7) is 4.54. The summed E-state index contributed by atoms with van der Waals surface area (Å²) < 4.78 is 5.12. The largest absolute Gasteiger partial charge is 0.449 e. The lowest BCUT2D eigenvalue weighted by Crippen LogP contribution is -2.46. The highest BCUT2D eigenvalue weighted by atomic mass is 16.6. The molecule has 1 saturated heterocycles. The first-order valence-corrected chi connectivity index (χ1v) is 6.28. The molecule has 1 unspecified atom stereocenters. The number of hydrogen-bond donors (Lipinski definition) is 1. The van der Waals surface area contributed by atoms with E-state index in [0.717, 1.165) is 23.2 Å². The van der Waals surface area contributed by atoms with Gasteiger partial charge in [-0.1, -0.05) is 12.1 Å². The number of carbonyl (C=O) groups is 1. The lowest BCUT2D eigenvalue weighted by molar-refractivity contribution is 0.124. The Morgan fingerprint density at radius 3 is 2.94 bits per heavy atom. The highest BCUT2D eigenvalue weighted by Gasteiger charge is 2.31. The van der Waals surface area contributed by atoms with Crippen molar-refractivity contribution in [1.29, 1.82) is 0 Å². The maximum atomic E-state index is 12.0. The Morgan fingerprint density at radius 1 is 1.44 bits per heavy atom. The van der Waals surface area contributed by atoms with Crippen molar-refractivity contribution in [3.8, 4) is 0 Å². The Bertz CT molecular complexity index is 443. The van der Waals surface area contributed by atoms with Crippen molar-refractivity contribution in [1.82, 2.24) is 0 Å². The van der Waals surface area contributed by atoms with Crippen LogP contribution >= 0.6 is 0 Å². The van der Waals surface area contributed by atoms with E-state index in [1.165, 1.54) is 0 Å². The topological polar surface area (TPSA) is 49.8 Å². The second-order valence-corrected chi connectivity index (χ2v) is 4.66. The fraction of sp³-hybridized carbons (Fsp3) is 0.500. The van der Waals surface area contributed by atoms with Gasteiger partial charge in [0.25, 0.3) is 0 Å². The fourth-order valence-corrected chi connectivity index (χ4v) is 2.34. The quantitative estimate of drug-likeness (QED) is 0.895. The number of hydrogen-bond acceptors (Lipinski definition) is 3. The SMILES string of the molecule is Cc1cccc(N2C(=O)OCCC2CCO)c1C. The number of anilines is 1. The number of cyclic esters (lactones) is 1. The third-order valence-electron chi connectivity index (χ3n) is 3.54. The summed E-state index contributed by atoms with van der Waals surface area (Å²) >= 11 is 0. The Hall–Kier alpha value is -1.55. The summed E-state index contributed by atoms with van der Waals surface area (Å²) in [6.07, 6.45) is 1.04. The lowest BCUT2D eigenvalue weighted by atomic mass is 10.0. The maximum absolute atomic E-state index is 12.0. The molecule has 18 heavy (non-hydrogen) atoms. The molecule has 1 amide bonds. The molecule has 1 aliphatic rings. The van der Waals surface area contributed by atoms with Crippen LogP contribution in [0.15, 0.2) is 18.2 Å². The summed E-state index contributed by atoms with van der Waals surface area (Å²) in [4.78, 5) is 13.6. The van der Waals surface area contributed by atoms with Crippen molar-refractivity contribution >= 4 is 11.8 Å². The molecule has 1 atom stereocenters. The second kappa shape index (κ2) is 5.40. The third-order valence-corrected chi connectivity index (χ3v) is 3.54. The van der Waals surface area contributed by atoms with Gasteiger partial charge in [0.2, 0.25) is 0 Å².